The van der Waals surface area contributed by atoms with Crippen molar-refractivity contribution in [2.24, 2.45) is 0 Å². The molecule has 148 valence electrons. The molecule has 0 aliphatic carbocycles. The highest BCUT2D eigenvalue weighted by atomic mass is 16.5. The zero-order chi connectivity index (χ0) is 20.1. The quantitative estimate of drug-likeness (QED) is 0.604. The lowest BCUT2D eigenvalue weighted by atomic mass is 9.96. The largest absolute Gasteiger partial charge is 0.489 e. The standard InChI is InChI=1S/C25H26N2O2/c1-19(29-22-9-3-2-4-10-22)24-12-6-8-18-27(24)25(28)21-15-13-20(14-16-21)23-11-5-7-17-26-23/h2-5,7,9-11,13-17,19,24H,6,8,12,18H2,1H3. The molecule has 1 fully saturated rings. The second kappa shape index (κ2) is 8.91. The van der Waals surface area contributed by atoms with Crippen LogP contribution in [0.2, 0.25) is 0 Å². The number of para-hydroxylation sites is 1. The van der Waals surface area contributed by atoms with Gasteiger partial charge in [0.15, 0.2) is 0 Å². The molecule has 2 aromatic carbocycles. The Morgan fingerprint density at radius 3 is 2.48 bits per heavy atom. The maximum atomic E-state index is 13.3. The second-order valence-electron chi connectivity index (χ2n) is 7.49. The Balaban J connectivity index is 1.49. The highest BCUT2D eigenvalue weighted by Crippen LogP contribution is 2.26. The number of piperidine rings is 1. The van der Waals surface area contributed by atoms with Gasteiger partial charge in [-0.1, -0.05) is 36.4 Å². The second-order valence-corrected chi connectivity index (χ2v) is 7.49. The molecule has 0 radical (unpaired) electrons. The summed E-state index contributed by atoms with van der Waals surface area (Å²) in [6.07, 6.45) is 4.84. The Morgan fingerprint density at radius 1 is 1.00 bits per heavy atom. The number of carbonyl (C=O) groups excluding carboxylic acids is 1. The Kier molecular flexibility index (Phi) is 5.89. The van der Waals surface area contributed by atoms with Gasteiger partial charge in [0.1, 0.15) is 11.9 Å². The van der Waals surface area contributed by atoms with E-state index in [0.29, 0.717) is 5.56 Å². The normalized spacial score (nSPS) is 17.6. The maximum absolute atomic E-state index is 13.3. The minimum atomic E-state index is -0.0607. The molecule has 2 atom stereocenters. The van der Waals surface area contributed by atoms with Crippen LogP contribution in [0.3, 0.4) is 0 Å². The number of likely N-dealkylation sites (tertiary alicyclic amines) is 1. The van der Waals surface area contributed by atoms with Crippen LogP contribution < -0.4 is 4.74 Å². The Bertz CT molecular complexity index is 926. The molecule has 4 rings (SSSR count). The third kappa shape index (κ3) is 4.48. The molecule has 1 aliphatic heterocycles. The minimum absolute atomic E-state index is 0.0607. The molecule has 0 saturated carbocycles. The molecule has 1 aromatic heterocycles. The fraction of sp³-hybridized carbons (Fsp3) is 0.280. The van der Waals surface area contributed by atoms with E-state index in [9.17, 15) is 4.79 Å². The maximum Gasteiger partial charge on any atom is 0.254 e. The lowest BCUT2D eigenvalue weighted by Crippen LogP contribution is -2.50. The van der Waals surface area contributed by atoms with Crippen molar-refractivity contribution in [3.63, 3.8) is 0 Å². The summed E-state index contributed by atoms with van der Waals surface area (Å²) in [5.41, 5.74) is 2.63. The van der Waals surface area contributed by atoms with Gasteiger partial charge in [0, 0.05) is 23.9 Å². The Labute approximate surface area is 172 Å². The third-order valence-electron chi connectivity index (χ3n) is 5.51. The van der Waals surface area contributed by atoms with Crippen LogP contribution >= 0.6 is 0 Å². The van der Waals surface area contributed by atoms with E-state index < -0.39 is 0 Å². The topological polar surface area (TPSA) is 42.4 Å². The van der Waals surface area contributed by atoms with Gasteiger partial charge < -0.3 is 9.64 Å². The van der Waals surface area contributed by atoms with Gasteiger partial charge in [-0.3, -0.25) is 9.78 Å². The van der Waals surface area contributed by atoms with E-state index in [1.165, 1.54) is 0 Å². The number of rotatable bonds is 5. The first-order valence-electron chi connectivity index (χ1n) is 10.3. The molecule has 2 unspecified atom stereocenters. The number of amides is 1. The smallest absolute Gasteiger partial charge is 0.254 e. The average molecular weight is 386 g/mol. The van der Waals surface area contributed by atoms with Crippen LogP contribution in [0.4, 0.5) is 0 Å². The van der Waals surface area contributed by atoms with E-state index in [1.54, 1.807) is 6.20 Å². The first-order chi connectivity index (χ1) is 14.2. The minimum Gasteiger partial charge on any atom is -0.489 e. The number of aromatic nitrogens is 1. The molecule has 1 saturated heterocycles. The van der Waals surface area contributed by atoms with E-state index in [2.05, 4.69) is 11.9 Å². The van der Waals surface area contributed by atoms with Gasteiger partial charge in [0.2, 0.25) is 0 Å². The van der Waals surface area contributed by atoms with Gasteiger partial charge in [0.25, 0.3) is 5.91 Å². The van der Waals surface area contributed by atoms with Crippen molar-refractivity contribution < 1.29 is 9.53 Å². The summed E-state index contributed by atoms with van der Waals surface area (Å²) in [5, 5.41) is 0. The van der Waals surface area contributed by atoms with E-state index in [4.69, 9.17) is 4.74 Å². The number of carbonyl (C=O) groups is 1. The van der Waals surface area contributed by atoms with Gasteiger partial charge in [0.05, 0.1) is 11.7 Å². The molecule has 1 aliphatic rings. The number of hydrogen-bond acceptors (Lipinski definition) is 3. The molecule has 3 aromatic rings. The molecule has 4 nitrogen and oxygen atoms in total. The number of pyridine rings is 1. The SMILES string of the molecule is CC(Oc1ccccc1)C1CCCCN1C(=O)c1ccc(-c2ccccn2)cc1. The first kappa shape index (κ1) is 19.2. The summed E-state index contributed by atoms with van der Waals surface area (Å²) in [5.74, 6) is 0.920. The summed E-state index contributed by atoms with van der Waals surface area (Å²) in [7, 11) is 0. The fourth-order valence-corrected chi connectivity index (χ4v) is 3.97. The highest BCUT2D eigenvalue weighted by molar-refractivity contribution is 5.95. The zero-order valence-electron chi connectivity index (χ0n) is 16.7. The van der Waals surface area contributed by atoms with Gasteiger partial charge in [-0.25, -0.2) is 0 Å². The lowest BCUT2D eigenvalue weighted by molar-refractivity contribution is 0.0353. The summed E-state index contributed by atoms with van der Waals surface area (Å²) in [6, 6.07) is 23.5. The first-order valence-corrected chi connectivity index (χ1v) is 10.3. The van der Waals surface area contributed by atoms with Crippen molar-refractivity contribution >= 4 is 5.91 Å². The van der Waals surface area contributed by atoms with Crippen LogP contribution in [-0.4, -0.2) is 34.5 Å². The molecule has 0 spiro atoms. The van der Waals surface area contributed by atoms with Crippen LogP contribution in [0.1, 0.15) is 36.5 Å². The van der Waals surface area contributed by atoms with Crippen LogP contribution in [-0.2, 0) is 0 Å². The van der Waals surface area contributed by atoms with Gasteiger partial charge in [-0.05, 0) is 62.6 Å². The Hall–Kier alpha value is -3.14. The molecule has 29 heavy (non-hydrogen) atoms. The zero-order valence-corrected chi connectivity index (χ0v) is 16.7. The Morgan fingerprint density at radius 2 is 1.76 bits per heavy atom. The summed E-state index contributed by atoms with van der Waals surface area (Å²) in [4.78, 5) is 19.6. The molecule has 0 bridgehead atoms. The van der Waals surface area contributed by atoms with E-state index in [-0.39, 0.29) is 18.1 Å². The molecular weight excluding hydrogens is 360 g/mol. The number of benzene rings is 2. The summed E-state index contributed by atoms with van der Waals surface area (Å²) in [6.45, 7) is 2.83. The van der Waals surface area contributed by atoms with Crippen molar-refractivity contribution in [1.29, 1.82) is 0 Å². The van der Waals surface area contributed by atoms with Gasteiger partial charge in [-0.2, -0.15) is 0 Å². The van der Waals surface area contributed by atoms with E-state index in [0.717, 1.165) is 42.8 Å². The van der Waals surface area contributed by atoms with Gasteiger partial charge in [-0.15, -0.1) is 0 Å². The van der Waals surface area contributed by atoms with Crippen LogP contribution in [0, 0.1) is 0 Å². The van der Waals surface area contributed by atoms with Crippen LogP contribution in [0.25, 0.3) is 11.3 Å². The summed E-state index contributed by atoms with van der Waals surface area (Å²) >= 11 is 0. The van der Waals surface area contributed by atoms with Gasteiger partial charge >= 0.3 is 0 Å². The highest BCUT2D eigenvalue weighted by Gasteiger charge is 2.32. The monoisotopic (exact) mass is 386 g/mol. The van der Waals surface area contributed by atoms with Crippen molar-refractivity contribution in [2.75, 3.05) is 6.54 Å². The van der Waals surface area contributed by atoms with E-state index in [1.807, 2.05) is 77.7 Å². The number of ether oxygens (including phenoxy) is 1. The molecule has 2 heterocycles. The van der Waals surface area contributed by atoms with Crippen LogP contribution in [0.15, 0.2) is 79.0 Å². The molecule has 0 N–H and O–H groups in total. The predicted octanol–water partition coefficient (Wildman–Crippen LogP) is 5.21. The molecule has 1 amide bonds. The van der Waals surface area contributed by atoms with Crippen molar-refractivity contribution in [2.45, 2.75) is 38.3 Å². The lowest BCUT2D eigenvalue weighted by Gasteiger charge is -2.39. The van der Waals surface area contributed by atoms with Crippen molar-refractivity contribution in [3.05, 3.63) is 84.6 Å². The summed E-state index contributed by atoms with van der Waals surface area (Å²) < 4.78 is 6.14. The number of nitrogens with zero attached hydrogens (tertiary/aromatic N) is 2. The van der Waals surface area contributed by atoms with Crippen molar-refractivity contribution in [3.8, 4) is 17.0 Å². The molecule has 4 heteroatoms. The molecular formula is C25H26N2O2. The average Bonchev–Trinajstić information content (AvgIpc) is 2.80. The van der Waals surface area contributed by atoms with E-state index >= 15 is 0 Å². The van der Waals surface area contributed by atoms with Crippen LogP contribution in [0.5, 0.6) is 5.75 Å². The van der Waals surface area contributed by atoms with Crippen molar-refractivity contribution in [1.82, 2.24) is 9.88 Å². The fourth-order valence-electron chi connectivity index (χ4n) is 3.97. The third-order valence-corrected chi connectivity index (χ3v) is 5.51. The number of hydrogen-bond donors (Lipinski definition) is 0. The predicted molar refractivity (Wildman–Crippen MR) is 115 cm³/mol.